The van der Waals surface area contributed by atoms with E-state index in [2.05, 4.69) is 14.7 Å². The largest absolute Gasteiger partial charge is 0.477 e. The molecule has 8 heteroatoms. The molecule has 0 fully saturated rings. The molecule has 0 amide bonds. The zero-order valence-corrected chi connectivity index (χ0v) is 12.7. The van der Waals surface area contributed by atoms with Crippen LogP contribution in [0, 0.1) is 6.92 Å². The predicted molar refractivity (Wildman–Crippen MR) is 76.4 cm³/mol. The number of rotatable bonds is 4. The second kappa shape index (κ2) is 5.76. The number of carbonyl (C=O) groups is 2. The fraction of sp³-hybridized carbons (Fsp3) is 0.333. The minimum Gasteiger partial charge on any atom is -0.477 e. The standard InChI is InChI=1S/C12H12N2O4S2/c1-5-7-9(19-6(2)12(17)18-3)13-4-14-10(7)20-8(5)11(15)16/h4,6H,1-3H3,(H,15,16). The zero-order chi connectivity index (χ0) is 14.9. The van der Waals surface area contributed by atoms with Crippen LogP contribution in [0.25, 0.3) is 10.2 Å². The molecule has 0 aromatic carbocycles. The Bertz CT molecular complexity index is 683. The summed E-state index contributed by atoms with van der Waals surface area (Å²) in [5, 5.41) is 10.0. The monoisotopic (exact) mass is 312 g/mol. The Kier molecular flexibility index (Phi) is 4.24. The molecule has 1 atom stereocenters. The van der Waals surface area contributed by atoms with E-state index < -0.39 is 11.2 Å². The number of carbonyl (C=O) groups excluding carboxylic acids is 1. The fourth-order valence-electron chi connectivity index (χ4n) is 1.71. The molecule has 0 saturated heterocycles. The van der Waals surface area contributed by atoms with Crippen molar-refractivity contribution in [1.82, 2.24) is 9.97 Å². The van der Waals surface area contributed by atoms with E-state index in [1.165, 1.54) is 25.2 Å². The van der Waals surface area contributed by atoms with Gasteiger partial charge >= 0.3 is 11.9 Å². The third kappa shape index (κ3) is 2.61. The van der Waals surface area contributed by atoms with Crippen molar-refractivity contribution in [2.45, 2.75) is 24.1 Å². The second-order valence-corrected chi connectivity index (χ2v) is 6.33. The van der Waals surface area contributed by atoms with Gasteiger partial charge in [0.05, 0.1) is 7.11 Å². The highest BCUT2D eigenvalue weighted by Crippen LogP contribution is 2.36. The molecule has 1 unspecified atom stereocenters. The zero-order valence-electron chi connectivity index (χ0n) is 11.0. The van der Waals surface area contributed by atoms with E-state index in [1.54, 1.807) is 13.8 Å². The smallest absolute Gasteiger partial charge is 0.346 e. The van der Waals surface area contributed by atoms with Gasteiger partial charge in [-0.3, -0.25) is 4.79 Å². The van der Waals surface area contributed by atoms with Crippen molar-refractivity contribution in [3.8, 4) is 0 Å². The van der Waals surface area contributed by atoms with Gasteiger partial charge in [0.25, 0.3) is 0 Å². The first-order chi connectivity index (χ1) is 9.45. The van der Waals surface area contributed by atoms with E-state index in [4.69, 9.17) is 5.11 Å². The normalized spacial score (nSPS) is 12.3. The number of aromatic nitrogens is 2. The van der Waals surface area contributed by atoms with Crippen molar-refractivity contribution < 1.29 is 19.4 Å². The number of aromatic carboxylic acids is 1. The molecule has 0 spiro atoms. The van der Waals surface area contributed by atoms with Crippen molar-refractivity contribution in [1.29, 1.82) is 0 Å². The van der Waals surface area contributed by atoms with Crippen LogP contribution in [0.1, 0.15) is 22.2 Å². The number of thiophene rings is 1. The van der Waals surface area contributed by atoms with Gasteiger partial charge in [0, 0.05) is 5.39 Å². The summed E-state index contributed by atoms with van der Waals surface area (Å²) in [6.07, 6.45) is 1.37. The molecule has 0 radical (unpaired) electrons. The van der Waals surface area contributed by atoms with Crippen LogP contribution in [-0.2, 0) is 9.53 Å². The number of carboxylic acids is 1. The van der Waals surface area contributed by atoms with Crippen molar-refractivity contribution in [3.05, 3.63) is 16.8 Å². The number of carboxylic acid groups (broad SMARTS) is 1. The van der Waals surface area contributed by atoms with Gasteiger partial charge in [0.15, 0.2) is 0 Å². The average molecular weight is 312 g/mol. The molecule has 2 aromatic heterocycles. The maximum atomic E-state index is 11.5. The summed E-state index contributed by atoms with van der Waals surface area (Å²) in [6, 6.07) is 0. The minimum absolute atomic E-state index is 0.244. The second-order valence-electron chi connectivity index (χ2n) is 4.00. The number of thioether (sulfide) groups is 1. The third-order valence-corrected chi connectivity index (χ3v) is 4.97. The van der Waals surface area contributed by atoms with Gasteiger partial charge in [-0.05, 0) is 19.4 Å². The maximum Gasteiger partial charge on any atom is 0.346 e. The quantitative estimate of drug-likeness (QED) is 0.526. The third-order valence-electron chi connectivity index (χ3n) is 2.71. The lowest BCUT2D eigenvalue weighted by Crippen LogP contribution is -2.14. The first-order valence-corrected chi connectivity index (χ1v) is 7.37. The number of fused-ring (bicyclic) bond motifs is 1. The SMILES string of the molecule is COC(=O)C(C)Sc1ncnc2sc(C(=O)O)c(C)c12. The van der Waals surface area contributed by atoms with Crippen molar-refractivity contribution >= 4 is 45.3 Å². The topological polar surface area (TPSA) is 89.4 Å². The number of esters is 1. The Morgan fingerprint density at radius 3 is 2.75 bits per heavy atom. The Morgan fingerprint density at radius 2 is 2.15 bits per heavy atom. The highest BCUT2D eigenvalue weighted by atomic mass is 32.2. The van der Waals surface area contributed by atoms with Crippen LogP contribution in [0.3, 0.4) is 0 Å². The van der Waals surface area contributed by atoms with Gasteiger partial charge in [-0.2, -0.15) is 0 Å². The summed E-state index contributed by atoms with van der Waals surface area (Å²) in [6.45, 7) is 3.43. The molecule has 6 nitrogen and oxygen atoms in total. The molecule has 20 heavy (non-hydrogen) atoms. The van der Waals surface area contributed by atoms with Gasteiger partial charge in [0.1, 0.15) is 26.3 Å². The lowest BCUT2D eigenvalue weighted by Gasteiger charge is -2.08. The molecule has 2 aromatic rings. The van der Waals surface area contributed by atoms with Crippen LogP contribution in [0.15, 0.2) is 11.4 Å². The molecule has 0 aliphatic carbocycles. The minimum atomic E-state index is -0.984. The first-order valence-electron chi connectivity index (χ1n) is 5.67. The molecule has 2 heterocycles. The van der Waals surface area contributed by atoms with Gasteiger partial charge in [-0.1, -0.05) is 11.8 Å². The van der Waals surface area contributed by atoms with E-state index in [1.807, 2.05) is 0 Å². The average Bonchev–Trinajstić information content (AvgIpc) is 2.76. The van der Waals surface area contributed by atoms with Crippen LogP contribution in [0.2, 0.25) is 0 Å². The molecular formula is C12H12N2O4S2. The number of hydrogen-bond donors (Lipinski definition) is 1. The van der Waals surface area contributed by atoms with E-state index in [0.29, 0.717) is 20.8 Å². The van der Waals surface area contributed by atoms with Crippen LogP contribution in [0.5, 0.6) is 0 Å². The number of hydrogen-bond acceptors (Lipinski definition) is 7. The Hall–Kier alpha value is -1.67. The van der Waals surface area contributed by atoms with Gasteiger partial charge in [-0.15, -0.1) is 11.3 Å². The molecule has 1 N–H and O–H groups in total. The maximum absolute atomic E-state index is 11.5. The summed E-state index contributed by atoms with van der Waals surface area (Å²) in [4.78, 5) is 31.7. The van der Waals surface area contributed by atoms with Gasteiger partial charge < -0.3 is 9.84 Å². The highest BCUT2D eigenvalue weighted by Gasteiger charge is 2.22. The summed E-state index contributed by atoms with van der Waals surface area (Å²) >= 11 is 2.34. The molecule has 106 valence electrons. The van der Waals surface area contributed by atoms with Crippen LogP contribution in [-0.4, -0.2) is 39.4 Å². The van der Waals surface area contributed by atoms with Crippen molar-refractivity contribution in [2.24, 2.45) is 0 Å². The van der Waals surface area contributed by atoms with Crippen molar-refractivity contribution in [2.75, 3.05) is 7.11 Å². The molecule has 0 aliphatic rings. The van der Waals surface area contributed by atoms with Gasteiger partial charge in [-0.25, -0.2) is 14.8 Å². The molecule has 2 rings (SSSR count). The van der Waals surface area contributed by atoms with Crippen molar-refractivity contribution in [3.63, 3.8) is 0 Å². The van der Waals surface area contributed by atoms with E-state index in [9.17, 15) is 9.59 Å². The highest BCUT2D eigenvalue weighted by molar-refractivity contribution is 8.00. The summed E-state index contributed by atoms with van der Waals surface area (Å²) in [5.41, 5.74) is 0.623. The molecule has 0 saturated carbocycles. The summed E-state index contributed by atoms with van der Waals surface area (Å²) in [5.74, 6) is -1.34. The van der Waals surface area contributed by atoms with Crippen LogP contribution in [0.4, 0.5) is 0 Å². The lowest BCUT2D eigenvalue weighted by atomic mass is 10.2. The van der Waals surface area contributed by atoms with Crippen LogP contribution < -0.4 is 0 Å². The predicted octanol–water partition coefficient (Wildman–Crippen LogP) is 2.35. The van der Waals surface area contributed by atoms with Crippen LogP contribution >= 0.6 is 23.1 Å². The van der Waals surface area contributed by atoms with E-state index in [-0.39, 0.29) is 10.8 Å². The van der Waals surface area contributed by atoms with Gasteiger partial charge in [0.2, 0.25) is 0 Å². The number of ether oxygens (including phenoxy) is 1. The summed E-state index contributed by atoms with van der Waals surface area (Å²) < 4.78 is 4.68. The lowest BCUT2D eigenvalue weighted by molar-refractivity contribution is -0.139. The Labute approximate surface area is 123 Å². The Balaban J connectivity index is 2.49. The summed E-state index contributed by atoms with van der Waals surface area (Å²) in [7, 11) is 1.33. The Morgan fingerprint density at radius 1 is 1.45 bits per heavy atom. The van der Waals surface area contributed by atoms with E-state index >= 15 is 0 Å². The van der Waals surface area contributed by atoms with E-state index in [0.717, 1.165) is 11.3 Å². The molecular weight excluding hydrogens is 300 g/mol. The number of methoxy groups -OCH3 is 1. The first kappa shape index (κ1) is 14.7. The molecule has 0 aliphatic heterocycles. The fourth-order valence-corrected chi connectivity index (χ4v) is 3.77. The number of nitrogens with zero attached hydrogens (tertiary/aromatic N) is 2. The number of aryl methyl sites for hydroxylation is 1. The molecule has 0 bridgehead atoms.